The summed E-state index contributed by atoms with van der Waals surface area (Å²) in [5, 5.41) is 2.23. The lowest BCUT2D eigenvalue weighted by Crippen LogP contribution is -2.61. The van der Waals surface area contributed by atoms with E-state index in [0.717, 1.165) is 134 Å². The molecule has 14 aromatic rings. The van der Waals surface area contributed by atoms with E-state index in [9.17, 15) is 2.74 Å². The number of para-hydroxylation sites is 3. The van der Waals surface area contributed by atoms with Crippen LogP contribution < -0.4 is 26.2 Å². The normalized spacial score (nSPS) is 13.9. The van der Waals surface area contributed by atoms with Gasteiger partial charge in [-0.15, -0.1) is 0 Å². The van der Waals surface area contributed by atoms with Crippen LogP contribution in [0.15, 0.2) is 285 Å². The fourth-order valence-corrected chi connectivity index (χ4v) is 15.6. The molecule has 0 bridgehead atoms. The van der Waals surface area contributed by atoms with E-state index in [1.54, 1.807) is 0 Å². The average Bonchev–Trinajstić information content (AvgIpc) is 1.38. The van der Waals surface area contributed by atoms with Gasteiger partial charge < -0.3 is 14.4 Å². The number of benzene rings is 13. The van der Waals surface area contributed by atoms with Crippen LogP contribution in [0.3, 0.4) is 0 Å². The highest BCUT2D eigenvalue weighted by atomic mass is 15.2. The van der Waals surface area contributed by atoms with Gasteiger partial charge in [0.1, 0.15) is 0 Å². The summed E-state index contributed by atoms with van der Waals surface area (Å²) in [7, 11) is 0. The van der Waals surface area contributed by atoms with Crippen LogP contribution in [0.4, 0.5) is 34.1 Å². The van der Waals surface area contributed by atoms with E-state index >= 15 is 0 Å². The summed E-state index contributed by atoms with van der Waals surface area (Å²) >= 11 is 0. The van der Waals surface area contributed by atoms with Gasteiger partial charge in [-0.1, -0.05) is 334 Å². The highest BCUT2D eigenvalue weighted by Crippen LogP contribution is 2.55. The third-order valence-corrected chi connectivity index (χ3v) is 21.4. The summed E-state index contributed by atoms with van der Waals surface area (Å²) < 4.78 is 48.9. The van der Waals surface area contributed by atoms with Crippen molar-refractivity contribution in [1.29, 1.82) is 0 Å². The number of anilines is 6. The maximum atomic E-state index is 9.65. The van der Waals surface area contributed by atoms with Crippen LogP contribution in [0, 0.1) is 0 Å². The van der Waals surface area contributed by atoms with E-state index < -0.39 is 12.8 Å². The third-order valence-electron chi connectivity index (χ3n) is 21.4. The standard InChI is InChI=1S/C98H92BN3/c1-94(2,3)73-47-43-64(44-48-73)71-57-87-91(81-39-28-29-42-84(81)100(87)78-37-26-19-27-38-78)88(58-71)101-85-56-68(69-51-74(95(4,5)6)61-75(52-69)96(7,8)9)46-50-82(85)99-83-49-45-67(63-31-20-16-21-32-63)55-86(83)102(93-79(65-33-22-17-23-34-65)40-30-41-80(93)66-35-24-18-25-36-66)90-60-72(59-89(101)92(90)99)70-53-76(97(10,11)12)62-77(54-70)98(13,14)15/h16-62H,1-15H3/i16D,20D,21D,31D,32D. The molecule has 16 rings (SSSR count). The lowest BCUT2D eigenvalue weighted by atomic mass is 9.33. The van der Waals surface area contributed by atoms with Crippen molar-refractivity contribution in [3.63, 3.8) is 0 Å². The number of nitrogens with zero attached hydrogens (tertiary/aromatic N) is 3. The minimum absolute atomic E-state index is 0.0687. The Bertz CT molecular complexity index is 5750. The Morgan fingerprint density at radius 1 is 0.284 bits per heavy atom. The summed E-state index contributed by atoms with van der Waals surface area (Å²) in [6.45, 7) is 34.2. The molecule has 4 heteroatoms. The molecule has 0 atom stereocenters. The molecule has 3 heterocycles. The Morgan fingerprint density at radius 2 is 0.696 bits per heavy atom. The number of aromatic nitrogens is 1. The molecule has 13 aromatic carbocycles. The second-order valence-corrected chi connectivity index (χ2v) is 33.5. The molecule has 2 aliphatic heterocycles. The van der Waals surface area contributed by atoms with Crippen molar-refractivity contribution in [3.8, 4) is 72.4 Å². The molecule has 0 N–H and O–H groups in total. The SMILES string of the molecule is [2H]c1c([2H])c([2H])c(-c2ccc3c(c2)N(c2c(-c4ccccc4)cccc2-c2ccccc2)c2cc(-c4cc(C(C)(C)C)cc(C(C)(C)C)c4)cc4c2B3c2ccc(-c3cc(C(C)(C)C)cc(C(C)(C)C)c3)cc2N4c2cc(-c3ccc(C(C)(C)C)cc3)cc3c2c2ccccc2n3-c2ccccc2)c([2H])c1[2H]. The predicted molar refractivity (Wildman–Crippen MR) is 441 cm³/mol. The summed E-state index contributed by atoms with van der Waals surface area (Å²) in [5.41, 5.74) is 28.9. The molecule has 502 valence electrons. The smallest absolute Gasteiger partial charge is 0.252 e. The molecule has 0 fully saturated rings. The lowest BCUT2D eigenvalue weighted by molar-refractivity contribution is 0.568. The van der Waals surface area contributed by atoms with Crippen LogP contribution >= 0.6 is 0 Å². The molecular formula is C98H92BN3. The Morgan fingerprint density at radius 3 is 1.22 bits per heavy atom. The van der Waals surface area contributed by atoms with Crippen LogP contribution in [0.5, 0.6) is 0 Å². The molecule has 0 saturated heterocycles. The second-order valence-electron chi connectivity index (χ2n) is 33.5. The highest BCUT2D eigenvalue weighted by Gasteiger charge is 2.46. The van der Waals surface area contributed by atoms with E-state index in [2.05, 4.69) is 367 Å². The van der Waals surface area contributed by atoms with Gasteiger partial charge in [0.2, 0.25) is 0 Å². The number of hydrogen-bond acceptors (Lipinski definition) is 2. The van der Waals surface area contributed by atoms with Crippen molar-refractivity contribution >= 4 is 79.0 Å². The van der Waals surface area contributed by atoms with Gasteiger partial charge in [0.25, 0.3) is 6.71 Å². The zero-order chi connectivity index (χ0) is 75.3. The van der Waals surface area contributed by atoms with Crippen LogP contribution in [0.1, 0.15) is 139 Å². The fourth-order valence-electron chi connectivity index (χ4n) is 15.6. The van der Waals surface area contributed by atoms with Crippen molar-refractivity contribution < 1.29 is 6.85 Å². The van der Waals surface area contributed by atoms with Crippen molar-refractivity contribution in [3.05, 3.63) is 313 Å². The Hall–Kier alpha value is -10.7. The zero-order valence-electron chi connectivity index (χ0n) is 66.7. The van der Waals surface area contributed by atoms with Crippen molar-refractivity contribution in [2.24, 2.45) is 0 Å². The van der Waals surface area contributed by atoms with Crippen LogP contribution in [-0.4, -0.2) is 11.3 Å². The van der Waals surface area contributed by atoms with E-state index in [4.69, 9.17) is 4.11 Å². The third kappa shape index (κ3) is 11.7. The molecule has 0 amide bonds. The van der Waals surface area contributed by atoms with Crippen LogP contribution in [0.25, 0.3) is 94.3 Å². The van der Waals surface area contributed by atoms with E-state index in [1.165, 1.54) is 27.8 Å². The van der Waals surface area contributed by atoms with E-state index in [0.29, 0.717) is 5.56 Å². The van der Waals surface area contributed by atoms with Gasteiger partial charge in [-0.2, -0.15) is 0 Å². The lowest BCUT2D eigenvalue weighted by Gasteiger charge is -2.45. The summed E-state index contributed by atoms with van der Waals surface area (Å²) in [5.74, 6) is 0. The molecule has 0 radical (unpaired) electrons. The molecule has 0 unspecified atom stereocenters. The molecule has 102 heavy (non-hydrogen) atoms. The van der Waals surface area contributed by atoms with Gasteiger partial charge in [-0.25, -0.2) is 0 Å². The first-order valence-corrected chi connectivity index (χ1v) is 36.3. The van der Waals surface area contributed by atoms with Crippen molar-refractivity contribution in [2.75, 3.05) is 9.80 Å². The molecule has 0 aliphatic carbocycles. The monoisotopic (exact) mass is 1330 g/mol. The average molecular weight is 1330 g/mol. The molecular weight excluding hydrogens is 1230 g/mol. The number of rotatable bonds is 9. The molecule has 3 nitrogen and oxygen atoms in total. The molecule has 0 spiro atoms. The van der Waals surface area contributed by atoms with Gasteiger partial charge in [0.05, 0.1) is 29.3 Å². The first kappa shape index (κ1) is 60.1. The largest absolute Gasteiger partial charge is 0.311 e. The first-order valence-electron chi connectivity index (χ1n) is 38.8. The first-order chi connectivity index (χ1) is 50.8. The summed E-state index contributed by atoms with van der Waals surface area (Å²) in [6.07, 6.45) is 0. The molecule has 0 saturated carbocycles. The van der Waals surface area contributed by atoms with E-state index in [-0.39, 0.29) is 56.8 Å². The van der Waals surface area contributed by atoms with Crippen LogP contribution in [0.2, 0.25) is 0 Å². The van der Waals surface area contributed by atoms with Crippen molar-refractivity contribution in [2.45, 2.75) is 131 Å². The highest BCUT2D eigenvalue weighted by molar-refractivity contribution is 7.00. The van der Waals surface area contributed by atoms with Gasteiger partial charge >= 0.3 is 0 Å². The van der Waals surface area contributed by atoms with Gasteiger partial charge in [-0.05, 0) is 182 Å². The van der Waals surface area contributed by atoms with Crippen molar-refractivity contribution in [1.82, 2.24) is 4.57 Å². The Kier molecular flexibility index (Phi) is 14.5. The maximum Gasteiger partial charge on any atom is 0.252 e. The van der Waals surface area contributed by atoms with Gasteiger partial charge in [-0.3, -0.25) is 0 Å². The van der Waals surface area contributed by atoms with Gasteiger partial charge in [0.15, 0.2) is 0 Å². The quantitative estimate of drug-likeness (QED) is 0.133. The Balaban J connectivity index is 1.13. The maximum absolute atomic E-state index is 9.65. The summed E-state index contributed by atoms with van der Waals surface area (Å²) in [4.78, 5) is 5.14. The second kappa shape index (κ2) is 24.6. The minimum atomic E-state index is -0.430. The number of hydrogen-bond donors (Lipinski definition) is 0. The predicted octanol–water partition coefficient (Wildman–Crippen LogP) is 25.4. The zero-order valence-corrected chi connectivity index (χ0v) is 61.7. The van der Waals surface area contributed by atoms with E-state index in [1.807, 2.05) is 6.07 Å². The topological polar surface area (TPSA) is 11.4 Å². The minimum Gasteiger partial charge on any atom is -0.311 e. The number of fused-ring (bicyclic) bond motifs is 7. The van der Waals surface area contributed by atoms with Gasteiger partial charge in [0, 0.05) is 50.3 Å². The summed E-state index contributed by atoms with van der Waals surface area (Å²) in [6, 6.07) is 93.2. The Labute approximate surface area is 612 Å². The molecule has 2 aliphatic rings. The molecule has 1 aromatic heterocycles. The van der Waals surface area contributed by atoms with Crippen LogP contribution in [-0.2, 0) is 27.1 Å². The fraction of sp³-hybridized carbons (Fsp3) is 0.204.